The minimum absolute atomic E-state index is 0.0383. The molecule has 3 rings (SSSR count). The van der Waals surface area contributed by atoms with Crippen molar-refractivity contribution in [2.45, 2.75) is 11.7 Å². The SMILES string of the molecule is CN(Cc1ccc(Cl)c(Cl)c1)C(=O)CSc1nnnn1-c1ccccc1. The fourth-order valence-corrected chi connectivity index (χ4v) is 3.39. The van der Waals surface area contributed by atoms with Crippen LogP contribution < -0.4 is 0 Å². The van der Waals surface area contributed by atoms with Crippen molar-refractivity contribution < 1.29 is 4.79 Å². The van der Waals surface area contributed by atoms with Gasteiger partial charge in [0.1, 0.15) is 0 Å². The lowest BCUT2D eigenvalue weighted by molar-refractivity contribution is -0.127. The van der Waals surface area contributed by atoms with E-state index in [1.807, 2.05) is 36.4 Å². The average molecular weight is 408 g/mol. The number of aromatic nitrogens is 4. The number of carbonyl (C=O) groups excluding carboxylic acids is 1. The minimum atomic E-state index is -0.0383. The maximum Gasteiger partial charge on any atom is 0.233 e. The second kappa shape index (κ2) is 8.53. The molecule has 0 saturated heterocycles. The van der Waals surface area contributed by atoms with Crippen molar-refractivity contribution in [1.29, 1.82) is 0 Å². The highest BCUT2D eigenvalue weighted by Gasteiger charge is 2.14. The third-order valence-electron chi connectivity index (χ3n) is 3.60. The third-order valence-corrected chi connectivity index (χ3v) is 5.24. The van der Waals surface area contributed by atoms with Crippen LogP contribution in [0.3, 0.4) is 0 Å². The lowest BCUT2D eigenvalue weighted by atomic mass is 10.2. The average Bonchev–Trinajstić information content (AvgIpc) is 3.12. The van der Waals surface area contributed by atoms with E-state index < -0.39 is 0 Å². The first-order valence-corrected chi connectivity index (χ1v) is 9.43. The number of hydrogen-bond acceptors (Lipinski definition) is 5. The van der Waals surface area contributed by atoms with Crippen LogP contribution in [0, 0.1) is 0 Å². The van der Waals surface area contributed by atoms with Crippen LogP contribution in [0.15, 0.2) is 53.7 Å². The van der Waals surface area contributed by atoms with Crippen molar-refractivity contribution >= 4 is 40.9 Å². The van der Waals surface area contributed by atoms with Crippen LogP contribution >= 0.6 is 35.0 Å². The molecule has 0 radical (unpaired) electrons. The molecule has 1 amide bonds. The summed E-state index contributed by atoms with van der Waals surface area (Å²) < 4.78 is 1.61. The van der Waals surface area contributed by atoms with E-state index in [1.54, 1.807) is 28.8 Å². The van der Waals surface area contributed by atoms with Gasteiger partial charge in [-0.15, -0.1) is 5.10 Å². The molecule has 1 heterocycles. The summed E-state index contributed by atoms with van der Waals surface area (Å²) >= 11 is 13.2. The Hall–Kier alpha value is -2.09. The molecular weight excluding hydrogens is 393 g/mol. The van der Waals surface area contributed by atoms with Crippen LogP contribution in [0.2, 0.25) is 10.0 Å². The Morgan fingerprint density at radius 1 is 1.15 bits per heavy atom. The maximum atomic E-state index is 12.4. The minimum Gasteiger partial charge on any atom is -0.341 e. The molecule has 0 spiro atoms. The molecule has 134 valence electrons. The van der Waals surface area contributed by atoms with Gasteiger partial charge in [-0.1, -0.05) is 59.2 Å². The Balaban J connectivity index is 1.60. The number of thioether (sulfide) groups is 1. The zero-order valence-electron chi connectivity index (χ0n) is 13.8. The number of halogens is 2. The summed E-state index contributed by atoms with van der Waals surface area (Å²) in [6, 6.07) is 14.9. The number of rotatable bonds is 6. The molecule has 26 heavy (non-hydrogen) atoms. The van der Waals surface area contributed by atoms with Crippen molar-refractivity contribution in [3.63, 3.8) is 0 Å². The predicted octanol–water partition coefficient (Wildman–Crippen LogP) is 3.72. The highest BCUT2D eigenvalue weighted by molar-refractivity contribution is 7.99. The van der Waals surface area contributed by atoms with Crippen molar-refractivity contribution in [3.8, 4) is 5.69 Å². The lowest BCUT2D eigenvalue weighted by Gasteiger charge is -2.17. The van der Waals surface area contributed by atoms with Gasteiger partial charge in [0, 0.05) is 13.6 Å². The Kier molecular flexibility index (Phi) is 6.13. The second-order valence-corrected chi connectivity index (χ2v) is 7.25. The molecule has 0 aliphatic heterocycles. The van der Waals surface area contributed by atoms with E-state index in [-0.39, 0.29) is 11.7 Å². The monoisotopic (exact) mass is 407 g/mol. The Morgan fingerprint density at radius 2 is 1.92 bits per heavy atom. The number of amides is 1. The second-order valence-electron chi connectivity index (χ2n) is 5.50. The van der Waals surface area contributed by atoms with Gasteiger partial charge in [0.15, 0.2) is 0 Å². The number of nitrogens with zero attached hydrogens (tertiary/aromatic N) is 5. The highest BCUT2D eigenvalue weighted by atomic mass is 35.5. The molecule has 0 unspecified atom stereocenters. The van der Waals surface area contributed by atoms with Crippen LogP contribution in [-0.4, -0.2) is 43.8 Å². The fraction of sp³-hybridized carbons (Fsp3) is 0.176. The van der Waals surface area contributed by atoms with Crippen LogP contribution in [-0.2, 0) is 11.3 Å². The van der Waals surface area contributed by atoms with Gasteiger partial charge < -0.3 is 4.90 Å². The van der Waals surface area contributed by atoms with Gasteiger partial charge in [0.25, 0.3) is 0 Å². The van der Waals surface area contributed by atoms with E-state index in [0.29, 0.717) is 21.7 Å². The summed E-state index contributed by atoms with van der Waals surface area (Å²) in [4.78, 5) is 14.0. The van der Waals surface area contributed by atoms with Gasteiger partial charge in [-0.3, -0.25) is 4.79 Å². The zero-order valence-corrected chi connectivity index (χ0v) is 16.2. The van der Waals surface area contributed by atoms with Gasteiger partial charge >= 0.3 is 0 Å². The van der Waals surface area contributed by atoms with E-state index in [2.05, 4.69) is 15.5 Å². The quantitative estimate of drug-likeness (QED) is 0.582. The van der Waals surface area contributed by atoms with Gasteiger partial charge in [-0.25, -0.2) is 0 Å². The van der Waals surface area contributed by atoms with Crippen LogP contribution in [0.25, 0.3) is 5.69 Å². The van der Waals surface area contributed by atoms with Crippen LogP contribution in [0.4, 0.5) is 0 Å². The number of hydrogen-bond donors (Lipinski definition) is 0. The standard InChI is InChI=1S/C17H15Cl2N5OS/c1-23(10-12-7-8-14(18)15(19)9-12)16(25)11-26-17-20-21-22-24(17)13-5-3-2-4-6-13/h2-9H,10-11H2,1H3. The van der Waals surface area contributed by atoms with Crippen LogP contribution in [0.1, 0.15) is 5.56 Å². The maximum absolute atomic E-state index is 12.4. The molecule has 0 atom stereocenters. The van der Waals surface area contributed by atoms with E-state index in [9.17, 15) is 4.79 Å². The van der Waals surface area contributed by atoms with E-state index >= 15 is 0 Å². The number of carbonyl (C=O) groups is 1. The molecule has 3 aromatic rings. The smallest absolute Gasteiger partial charge is 0.233 e. The van der Waals surface area contributed by atoms with Crippen molar-refractivity contribution in [1.82, 2.24) is 25.1 Å². The Bertz CT molecular complexity index is 903. The summed E-state index contributed by atoms with van der Waals surface area (Å²) in [5.41, 5.74) is 1.76. The van der Waals surface area contributed by atoms with Gasteiger partial charge in [-0.05, 0) is 40.3 Å². The lowest BCUT2D eigenvalue weighted by Crippen LogP contribution is -2.27. The molecule has 9 heteroatoms. The Morgan fingerprint density at radius 3 is 2.65 bits per heavy atom. The predicted molar refractivity (Wildman–Crippen MR) is 103 cm³/mol. The first-order valence-electron chi connectivity index (χ1n) is 7.69. The molecule has 0 saturated carbocycles. The van der Waals surface area contributed by atoms with Gasteiger partial charge in [0.05, 0.1) is 21.5 Å². The molecule has 0 bridgehead atoms. The topological polar surface area (TPSA) is 63.9 Å². The molecule has 0 N–H and O–H groups in total. The van der Waals surface area contributed by atoms with Gasteiger partial charge in [0.2, 0.25) is 11.1 Å². The first kappa shape index (κ1) is 18.7. The summed E-state index contributed by atoms with van der Waals surface area (Å²) in [5, 5.41) is 13.2. The largest absolute Gasteiger partial charge is 0.341 e. The van der Waals surface area contributed by atoms with E-state index in [0.717, 1.165) is 11.3 Å². The molecule has 0 fully saturated rings. The summed E-state index contributed by atoms with van der Waals surface area (Å²) in [6.45, 7) is 0.444. The zero-order chi connectivity index (χ0) is 18.5. The number of benzene rings is 2. The van der Waals surface area contributed by atoms with Crippen LogP contribution in [0.5, 0.6) is 0 Å². The molecule has 2 aromatic carbocycles. The molecule has 1 aromatic heterocycles. The van der Waals surface area contributed by atoms with Crippen molar-refractivity contribution in [3.05, 3.63) is 64.1 Å². The molecule has 0 aliphatic rings. The first-order chi connectivity index (χ1) is 12.5. The number of para-hydroxylation sites is 1. The number of tetrazole rings is 1. The van der Waals surface area contributed by atoms with Crippen molar-refractivity contribution in [2.75, 3.05) is 12.8 Å². The molecule has 0 aliphatic carbocycles. The summed E-state index contributed by atoms with van der Waals surface area (Å²) in [7, 11) is 1.74. The van der Waals surface area contributed by atoms with Crippen molar-refractivity contribution in [2.24, 2.45) is 0 Å². The van der Waals surface area contributed by atoms with Gasteiger partial charge in [-0.2, -0.15) is 4.68 Å². The van der Waals surface area contributed by atoms with E-state index in [4.69, 9.17) is 23.2 Å². The molecular formula is C17H15Cl2N5OS. The third kappa shape index (κ3) is 4.55. The van der Waals surface area contributed by atoms with E-state index in [1.165, 1.54) is 11.8 Å². The fourth-order valence-electron chi connectivity index (χ4n) is 2.24. The normalized spacial score (nSPS) is 10.7. The summed E-state index contributed by atoms with van der Waals surface area (Å²) in [5.74, 6) is 0.189. The summed E-state index contributed by atoms with van der Waals surface area (Å²) in [6.07, 6.45) is 0. The highest BCUT2D eigenvalue weighted by Crippen LogP contribution is 2.23. The Labute approximate surface area is 165 Å². The molecule has 6 nitrogen and oxygen atoms in total.